The Morgan fingerprint density at radius 3 is 2.55 bits per heavy atom. The first kappa shape index (κ1) is 14.1. The highest BCUT2D eigenvalue weighted by molar-refractivity contribution is 6.03. The molecule has 1 aromatic heterocycles. The van der Waals surface area contributed by atoms with Crippen molar-refractivity contribution in [3.05, 3.63) is 64.0 Å². The number of fused-ring (bicyclic) bond motifs is 1. The Morgan fingerprint density at radius 2 is 1.91 bits per heavy atom. The van der Waals surface area contributed by atoms with Gasteiger partial charge < -0.3 is 9.52 Å². The number of hydrogen-bond donors (Lipinski definition) is 1. The van der Waals surface area contributed by atoms with E-state index in [-0.39, 0.29) is 16.9 Å². The van der Waals surface area contributed by atoms with Gasteiger partial charge in [0.1, 0.15) is 5.75 Å². The van der Waals surface area contributed by atoms with E-state index in [4.69, 9.17) is 4.42 Å². The van der Waals surface area contributed by atoms with Gasteiger partial charge in [0.2, 0.25) is 0 Å². The Hall–Kier alpha value is -2.88. The quantitative estimate of drug-likeness (QED) is 0.592. The molecule has 0 saturated heterocycles. The second kappa shape index (κ2) is 5.48. The topological polar surface area (TPSA) is 67.5 Å². The third kappa shape index (κ3) is 2.19. The van der Waals surface area contributed by atoms with Crippen molar-refractivity contribution in [3.8, 4) is 16.9 Å². The molecule has 0 radical (unpaired) electrons. The molecule has 22 heavy (non-hydrogen) atoms. The van der Waals surface area contributed by atoms with E-state index in [1.54, 1.807) is 6.07 Å². The molecule has 0 aliphatic rings. The first-order chi connectivity index (χ1) is 10.7. The lowest BCUT2D eigenvalue weighted by Gasteiger charge is -2.11. The number of benzene rings is 2. The summed E-state index contributed by atoms with van der Waals surface area (Å²) < 4.78 is 5.18. The Balaban J connectivity index is 2.49. The molecule has 0 fully saturated rings. The number of carbonyl (C=O) groups excluding carboxylic acids is 1. The van der Waals surface area contributed by atoms with Gasteiger partial charge in [0.15, 0.2) is 11.9 Å². The maximum absolute atomic E-state index is 11.8. The molecular weight excluding hydrogens is 280 g/mol. The third-order valence-electron chi connectivity index (χ3n) is 3.71. The summed E-state index contributed by atoms with van der Waals surface area (Å²) in [5.74, 6) is -0.127. The number of hydrogen-bond acceptors (Lipinski definition) is 4. The summed E-state index contributed by atoms with van der Waals surface area (Å²) in [4.78, 5) is 23.2. The largest absolute Gasteiger partial charge is 0.507 e. The predicted octanol–water partition coefficient (Wildman–Crippen LogP) is 3.54. The second-order valence-corrected chi connectivity index (χ2v) is 4.99. The lowest BCUT2D eigenvalue weighted by atomic mass is 9.96. The SMILES string of the molecule is CCc1cc2c(-c3ccccc3)cc(=O)oc2c(C=O)c1O. The minimum atomic E-state index is -0.557. The van der Waals surface area contributed by atoms with E-state index >= 15 is 0 Å². The van der Waals surface area contributed by atoms with Gasteiger partial charge in [0.05, 0.1) is 5.56 Å². The fraction of sp³-hybridized carbons (Fsp3) is 0.111. The molecule has 0 saturated carbocycles. The molecule has 3 rings (SSSR count). The van der Waals surface area contributed by atoms with E-state index < -0.39 is 5.63 Å². The minimum absolute atomic E-state index is 0.0178. The van der Waals surface area contributed by atoms with E-state index in [0.29, 0.717) is 29.2 Å². The summed E-state index contributed by atoms with van der Waals surface area (Å²) in [5, 5.41) is 10.8. The Bertz CT molecular complexity index is 908. The molecule has 2 aromatic carbocycles. The number of phenols is 1. The van der Waals surface area contributed by atoms with Crippen LogP contribution in [0.4, 0.5) is 0 Å². The molecular formula is C18H14O4. The normalized spacial score (nSPS) is 10.8. The average Bonchev–Trinajstić information content (AvgIpc) is 2.54. The van der Waals surface area contributed by atoms with Crippen LogP contribution in [-0.2, 0) is 6.42 Å². The van der Waals surface area contributed by atoms with Crippen LogP contribution in [0.5, 0.6) is 5.75 Å². The molecule has 0 bridgehead atoms. The summed E-state index contributed by atoms with van der Waals surface area (Å²) in [6.45, 7) is 1.89. The second-order valence-electron chi connectivity index (χ2n) is 4.99. The highest BCUT2D eigenvalue weighted by atomic mass is 16.4. The molecule has 4 heteroatoms. The van der Waals surface area contributed by atoms with Gasteiger partial charge in [-0.25, -0.2) is 4.79 Å². The van der Waals surface area contributed by atoms with E-state index in [0.717, 1.165) is 5.56 Å². The minimum Gasteiger partial charge on any atom is -0.507 e. The van der Waals surface area contributed by atoms with Crippen molar-refractivity contribution in [1.82, 2.24) is 0 Å². The zero-order valence-corrected chi connectivity index (χ0v) is 12.0. The van der Waals surface area contributed by atoms with Crippen LogP contribution in [0.3, 0.4) is 0 Å². The molecule has 0 aliphatic heterocycles. The van der Waals surface area contributed by atoms with Gasteiger partial charge in [-0.15, -0.1) is 0 Å². The number of phenolic OH excluding ortho intramolecular Hbond substituents is 1. The summed E-state index contributed by atoms with van der Waals surface area (Å²) in [6, 6.07) is 12.6. The van der Waals surface area contributed by atoms with Crippen LogP contribution in [0.1, 0.15) is 22.8 Å². The fourth-order valence-corrected chi connectivity index (χ4v) is 2.60. The molecule has 3 aromatic rings. The highest BCUT2D eigenvalue weighted by Gasteiger charge is 2.17. The van der Waals surface area contributed by atoms with Crippen LogP contribution < -0.4 is 5.63 Å². The average molecular weight is 294 g/mol. The Labute approximate surface area is 126 Å². The fourth-order valence-electron chi connectivity index (χ4n) is 2.60. The Morgan fingerprint density at radius 1 is 1.18 bits per heavy atom. The Kier molecular flexibility index (Phi) is 3.51. The van der Waals surface area contributed by atoms with Crippen LogP contribution in [0.15, 0.2) is 51.7 Å². The zero-order chi connectivity index (χ0) is 15.7. The first-order valence-electron chi connectivity index (χ1n) is 6.99. The van der Waals surface area contributed by atoms with Crippen LogP contribution in [0.2, 0.25) is 0 Å². The monoisotopic (exact) mass is 294 g/mol. The van der Waals surface area contributed by atoms with Gasteiger partial charge in [-0.05, 0) is 29.2 Å². The number of rotatable bonds is 3. The molecule has 0 aliphatic carbocycles. The molecule has 0 spiro atoms. The maximum atomic E-state index is 11.8. The van der Waals surface area contributed by atoms with Crippen LogP contribution in [-0.4, -0.2) is 11.4 Å². The number of aldehydes is 1. The van der Waals surface area contributed by atoms with Gasteiger partial charge in [-0.1, -0.05) is 37.3 Å². The van der Waals surface area contributed by atoms with Gasteiger partial charge in [0, 0.05) is 11.5 Å². The van der Waals surface area contributed by atoms with Crippen LogP contribution >= 0.6 is 0 Å². The number of carbonyl (C=O) groups is 1. The molecule has 0 atom stereocenters. The maximum Gasteiger partial charge on any atom is 0.336 e. The van der Waals surface area contributed by atoms with Gasteiger partial charge in [-0.2, -0.15) is 0 Å². The standard InChI is InChI=1S/C18H14O4/c1-2-11-8-14-13(12-6-4-3-5-7-12)9-16(20)22-18(14)15(10-19)17(11)21/h3-10,21H,2H2,1H3. The lowest BCUT2D eigenvalue weighted by Crippen LogP contribution is -2.01. The predicted molar refractivity (Wildman–Crippen MR) is 84.4 cm³/mol. The van der Waals surface area contributed by atoms with Crippen molar-refractivity contribution in [2.75, 3.05) is 0 Å². The van der Waals surface area contributed by atoms with Crippen LogP contribution in [0.25, 0.3) is 22.1 Å². The van der Waals surface area contributed by atoms with E-state index in [1.807, 2.05) is 37.3 Å². The van der Waals surface area contributed by atoms with Crippen molar-refractivity contribution < 1.29 is 14.3 Å². The molecule has 4 nitrogen and oxygen atoms in total. The highest BCUT2D eigenvalue weighted by Crippen LogP contribution is 2.35. The summed E-state index contributed by atoms with van der Waals surface area (Å²) in [7, 11) is 0. The van der Waals surface area contributed by atoms with E-state index in [2.05, 4.69) is 0 Å². The van der Waals surface area contributed by atoms with Crippen molar-refractivity contribution in [2.24, 2.45) is 0 Å². The molecule has 110 valence electrons. The van der Waals surface area contributed by atoms with Crippen molar-refractivity contribution in [3.63, 3.8) is 0 Å². The lowest BCUT2D eigenvalue weighted by molar-refractivity contribution is 0.112. The number of aryl methyl sites for hydroxylation is 1. The summed E-state index contributed by atoms with van der Waals surface area (Å²) >= 11 is 0. The van der Waals surface area contributed by atoms with Crippen molar-refractivity contribution in [1.29, 1.82) is 0 Å². The van der Waals surface area contributed by atoms with Crippen molar-refractivity contribution >= 4 is 17.3 Å². The third-order valence-corrected chi connectivity index (χ3v) is 3.71. The van der Waals surface area contributed by atoms with E-state index in [1.165, 1.54) is 6.07 Å². The van der Waals surface area contributed by atoms with Crippen LogP contribution in [0, 0.1) is 0 Å². The molecule has 0 unspecified atom stereocenters. The van der Waals surface area contributed by atoms with E-state index in [9.17, 15) is 14.7 Å². The van der Waals surface area contributed by atoms with Gasteiger partial charge in [0.25, 0.3) is 0 Å². The smallest absolute Gasteiger partial charge is 0.336 e. The van der Waals surface area contributed by atoms with Crippen molar-refractivity contribution in [2.45, 2.75) is 13.3 Å². The first-order valence-corrected chi connectivity index (χ1v) is 6.99. The summed E-state index contributed by atoms with van der Waals surface area (Å²) in [5.41, 5.74) is 1.76. The molecule has 1 N–H and O–H groups in total. The number of aromatic hydroxyl groups is 1. The van der Waals surface area contributed by atoms with Gasteiger partial charge in [-0.3, -0.25) is 4.79 Å². The zero-order valence-electron chi connectivity index (χ0n) is 12.0. The summed E-state index contributed by atoms with van der Waals surface area (Å²) in [6.07, 6.45) is 1.09. The van der Waals surface area contributed by atoms with Gasteiger partial charge >= 0.3 is 5.63 Å². The molecule has 0 amide bonds. The molecule has 1 heterocycles.